The van der Waals surface area contributed by atoms with Crippen LogP contribution in [0.4, 0.5) is 13.6 Å². The molecule has 15 heteroatoms. The van der Waals surface area contributed by atoms with Crippen molar-refractivity contribution in [2.24, 2.45) is 0 Å². The van der Waals surface area contributed by atoms with E-state index < -0.39 is 26.4 Å². The van der Waals surface area contributed by atoms with E-state index in [1.807, 2.05) is 133 Å². The van der Waals surface area contributed by atoms with Crippen LogP contribution in [0.2, 0.25) is 25.7 Å². The topological polar surface area (TPSA) is 132 Å². The van der Waals surface area contributed by atoms with Crippen molar-refractivity contribution in [2.45, 2.75) is 71.0 Å². The molecule has 10 aromatic rings. The maximum absolute atomic E-state index is 14.3. The molecule has 0 aliphatic carbocycles. The second-order valence-corrected chi connectivity index (χ2v) is 27.7. The molecule has 0 bridgehead atoms. The number of amides is 3. The zero-order valence-electron chi connectivity index (χ0n) is 47.6. The van der Waals surface area contributed by atoms with E-state index in [-0.39, 0.29) is 42.3 Å². The monoisotopic (exact) mass is 1150 g/mol. The highest BCUT2D eigenvalue weighted by Crippen LogP contribution is 2.49. The Bertz CT molecular complexity index is 3930. The zero-order valence-corrected chi connectivity index (χ0v) is 48.6. The van der Waals surface area contributed by atoms with Gasteiger partial charge in [-0.05, 0) is 94.9 Å². The summed E-state index contributed by atoms with van der Waals surface area (Å²) in [6.07, 6.45) is 1.70. The maximum Gasteiger partial charge on any atom is 0.412 e. The van der Waals surface area contributed by atoms with E-state index in [1.165, 1.54) is 24.3 Å². The van der Waals surface area contributed by atoms with Gasteiger partial charge in [0.2, 0.25) is 0 Å². The Morgan fingerprint density at radius 3 is 1.31 bits per heavy atom. The van der Waals surface area contributed by atoms with Crippen LogP contribution >= 0.6 is 0 Å². The molecular weight excluding hydrogens is 1090 g/mol. The first-order chi connectivity index (χ1) is 41.3. The average Bonchev–Trinajstić information content (AvgIpc) is 3.07. The van der Waals surface area contributed by atoms with Crippen molar-refractivity contribution in [1.29, 1.82) is 0 Å². The summed E-state index contributed by atoms with van der Waals surface area (Å²) in [4.78, 5) is 53.8. The first-order valence-corrected chi connectivity index (χ1v) is 32.1. The zero-order chi connectivity index (χ0) is 59.0. The fraction of sp³-hybridized carbons (Fsp3) is 0.186. The number of fused-ring (bicyclic) bond motifs is 4. The number of pyridine rings is 2. The number of ether oxygens (including phenoxy) is 4. The molecule has 2 aromatic heterocycles. The number of hydrogen-bond acceptors (Lipinski definition) is 9. The normalized spacial score (nSPS) is 12.8. The molecule has 0 radical (unpaired) electrons. The fourth-order valence-corrected chi connectivity index (χ4v) is 11.4. The summed E-state index contributed by atoms with van der Waals surface area (Å²) in [5.41, 5.74) is 8.46. The predicted octanol–water partition coefficient (Wildman–Crippen LogP) is 15.2. The van der Waals surface area contributed by atoms with Gasteiger partial charge >= 0.3 is 6.09 Å². The molecule has 428 valence electrons. The van der Waals surface area contributed by atoms with Crippen LogP contribution in [0.15, 0.2) is 207 Å². The van der Waals surface area contributed by atoms with E-state index in [1.54, 1.807) is 65.5 Å². The van der Waals surface area contributed by atoms with Crippen molar-refractivity contribution >= 4 is 47.8 Å². The number of carbonyl (C=O) groups excluding carboxylic acids is 3. The van der Waals surface area contributed by atoms with E-state index in [0.717, 1.165) is 50.4 Å². The van der Waals surface area contributed by atoms with Gasteiger partial charge in [0.1, 0.15) is 46.4 Å². The number of benzene rings is 8. The van der Waals surface area contributed by atoms with Gasteiger partial charge in [0, 0.05) is 62.0 Å². The Balaban J connectivity index is 0.000000177. The second-order valence-electron chi connectivity index (χ2n) is 22.1. The van der Waals surface area contributed by atoms with Gasteiger partial charge in [-0.25, -0.2) is 13.6 Å². The van der Waals surface area contributed by atoms with Gasteiger partial charge in [0.25, 0.3) is 11.8 Å². The van der Waals surface area contributed by atoms with E-state index in [4.69, 9.17) is 23.9 Å². The lowest BCUT2D eigenvalue weighted by molar-refractivity contribution is 0.0754. The summed E-state index contributed by atoms with van der Waals surface area (Å²) in [5.74, 6) is 0.605. The van der Waals surface area contributed by atoms with Crippen molar-refractivity contribution in [1.82, 2.24) is 25.1 Å². The maximum atomic E-state index is 14.3. The van der Waals surface area contributed by atoms with Crippen LogP contribution in [0.1, 0.15) is 84.4 Å². The van der Waals surface area contributed by atoms with Gasteiger partial charge in [-0.2, -0.15) is 0 Å². The molecule has 4 heterocycles. The van der Waals surface area contributed by atoms with Crippen LogP contribution in [0.25, 0.3) is 21.8 Å². The first-order valence-electron chi connectivity index (χ1n) is 28.4. The van der Waals surface area contributed by atoms with Gasteiger partial charge < -0.3 is 34.1 Å². The van der Waals surface area contributed by atoms with Crippen molar-refractivity contribution < 1.29 is 42.1 Å². The SMILES string of the molecule is CCNC(=O)Oc1c2c(c(OC(c3ccccc3)c3ccccc3)c3ncccc13)C(=O)N(Cc1ccc(F)cc1)C2.C[Si](C)(C)CCOc1c2c(c(OC(c3ccccc3)c3ccccc3)c3ncccc13)C(=O)N(Cc1ccc(F)cc1)C2. The number of aromatic nitrogens is 2. The molecule has 85 heavy (non-hydrogen) atoms. The molecular formula is C70H63F2N5O7Si. The molecule has 12 nitrogen and oxygen atoms in total. The molecule has 0 spiro atoms. The largest absolute Gasteiger partial charge is 0.493 e. The first kappa shape index (κ1) is 57.1. The molecule has 0 fully saturated rings. The Kier molecular flexibility index (Phi) is 17.1. The lowest BCUT2D eigenvalue weighted by atomic mass is 9.99. The standard InChI is InChI=1S/C36H35FN2O3Si.C34H28FN3O4/c1-43(2,3)22-21-41-34-29-15-10-20-38-32(29)35(42-33(26-11-6-4-7-12-26)27-13-8-5-9-14-27)31-30(34)24-39(36(31)40)23-25-16-18-28(37)19-17-25;1-2-36-34(40)42-31-26-14-9-19-37-29(26)32(41-30(23-10-5-3-6-11-23)24-12-7-4-8-13-24)28-27(31)21-38(33(28)39)20-22-15-17-25(35)18-16-22/h4-20,33H,21-24H2,1-3H3;3-19,30H,2,20-21H2,1H3,(H,36,40). The third kappa shape index (κ3) is 12.8. The summed E-state index contributed by atoms with van der Waals surface area (Å²) < 4.78 is 53.3. The predicted molar refractivity (Wildman–Crippen MR) is 327 cm³/mol. The quantitative estimate of drug-likeness (QED) is 0.0834. The Morgan fingerprint density at radius 2 is 0.918 bits per heavy atom. The summed E-state index contributed by atoms with van der Waals surface area (Å²) in [5, 5.41) is 4.03. The second kappa shape index (κ2) is 25.4. The van der Waals surface area contributed by atoms with Crippen molar-refractivity contribution in [3.05, 3.63) is 274 Å². The van der Waals surface area contributed by atoms with E-state index >= 15 is 0 Å². The molecule has 1 N–H and O–H groups in total. The number of rotatable bonds is 18. The van der Waals surface area contributed by atoms with Crippen molar-refractivity contribution in [2.75, 3.05) is 13.2 Å². The fourth-order valence-electron chi connectivity index (χ4n) is 10.7. The van der Waals surface area contributed by atoms with Gasteiger partial charge in [-0.15, -0.1) is 0 Å². The van der Waals surface area contributed by atoms with Crippen LogP contribution in [-0.4, -0.2) is 58.9 Å². The lowest BCUT2D eigenvalue weighted by Crippen LogP contribution is -2.27. The highest BCUT2D eigenvalue weighted by molar-refractivity contribution is 6.76. The highest BCUT2D eigenvalue weighted by atomic mass is 28.3. The van der Waals surface area contributed by atoms with Crippen LogP contribution in [0.5, 0.6) is 23.0 Å². The van der Waals surface area contributed by atoms with Crippen LogP contribution < -0.4 is 24.3 Å². The minimum atomic E-state index is -1.37. The average molecular weight is 1150 g/mol. The number of carbonyl (C=O) groups is 3. The van der Waals surface area contributed by atoms with Gasteiger partial charge in [0.05, 0.1) is 30.8 Å². The molecule has 0 atom stereocenters. The highest BCUT2D eigenvalue weighted by Gasteiger charge is 2.40. The smallest absolute Gasteiger partial charge is 0.412 e. The third-order valence-corrected chi connectivity index (χ3v) is 16.6. The number of nitrogens with one attached hydrogen (secondary N) is 1. The Labute approximate surface area is 493 Å². The Morgan fingerprint density at radius 1 is 0.529 bits per heavy atom. The van der Waals surface area contributed by atoms with E-state index in [9.17, 15) is 23.2 Å². The Hall–Kier alpha value is -9.73. The van der Waals surface area contributed by atoms with E-state index in [0.29, 0.717) is 76.6 Å². The number of halogens is 2. The van der Waals surface area contributed by atoms with Gasteiger partial charge in [0.15, 0.2) is 11.5 Å². The molecule has 0 saturated heterocycles. The van der Waals surface area contributed by atoms with Gasteiger partial charge in [-0.1, -0.05) is 165 Å². The van der Waals surface area contributed by atoms with Crippen LogP contribution in [-0.2, 0) is 26.2 Å². The summed E-state index contributed by atoms with van der Waals surface area (Å²) in [6.45, 7) is 10.8. The van der Waals surface area contributed by atoms with Gasteiger partial charge in [-0.3, -0.25) is 19.6 Å². The molecule has 0 saturated carbocycles. The number of nitrogens with zero attached hydrogens (tertiary/aromatic N) is 4. The summed E-state index contributed by atoms with van der Waals surface area (Å²) in [6, 6.07) is 60.3. The molecule has 3 amide bonds. The van der Waals surface area contributed by atoms with Crippen molar-refractivity contribution in [3.8, 4) is 23.0 Å². The number of hydrogen-bond donors (Lipinski definition) is 1. The molecule has 2 aliphatic rings. The van der Waals surface area contributed by atoms with Crippen LogP contribution in [0, 0.1) is 11.6 Å². The molecule has 12 rings (SSSR count). The summed E-state index contributed by atoms with van der Waals surface area (Å²) >= 11 is 0. The minimum absolute atomic E-state index is 0.156. The van der Waals surface area contributed by atoms with E-state index in [2.05, 4.69) is 29.9 Å². The third-order valence-electron chi connectivity index (χ3n) is 14.9. The molecule has 8 aromatic carbocycles. The minimum Gasteiger partial charge on any atom is -0.493 e. The molecule has 2 aliphatic heterocycles. The van der Waals surface area contributed by atoms with Crippen molar-refractivity contribution in [3.63, 3.8) is 0 Å². The lowest BCUT2D eigenvalue weighted by Gasteiger charge is -2.24. The molecule has 0 unspecified atom stereocenters. The summed E-state index contributed by atoms with van der Waals surface area (Å²) in [7, 11) is -1.37. The van der Waals surface area contributed by atoms with Crippen LogP contribution in [0.3, 0.4) is 0 Å².